The molecule has 34 heavy (non-hydrogen) atoms. The summed E-state index contributed by atoms with van der Waals surface area (Å²) in [5.41, 5.74) is 13.6. The Morgan fingerprint density at radius 2 is 1.56 bits per heavy atom. The van der Waals surface area contributed by atoms with E-state index in [1.807, 2.05) is 0 Å². The summed E-state index contributed by atoms with van der Waals surface area (Å²) in [6, 6.07) is 11.6. The lowest BCUT2D eigenvalue weighted by molar-refractivity contribution is -0.126. The maximum Gasteiger partial charge on any atom is 0.251 e. The number of nitrogens with one attached hydrogen (secondary N) is 2. The second-order valence-electron chi connectivity index (χ2n) is 7.75. The minimum atomic E-state index is -1.19. The molecular weight excluding hydrogens is 436 g/mol. The van der Waals surface area contributed by atoms with Crippen LogP contribution in [0.5, 0.6) is 0 Å². The van der Waals surface area contributed by atoms with E-state index in [-0.39, 0.29) is 11.5 Å². The molecular formula is C25H30N4O5. The zero-order valence-corrected chi connectivity index (χ0v) is 19.0. The largest absolute Gasteiger partial charge is 0.391 e. The fraction of sp³-hybridized carbons (Fsp3) is 0.320. The molecule has 0 spiro atoms. The van der Waals surface area contributed by atoms with Crippen LogP contribution in [0.2, 0.25) is 0 Å². The molecule has 180 valence electrons. The van der Waals surface area contributed by atoms with Crippen molar-refractivity contribution < 1.29 is 24.6 Å². The van der Waals surface area contributed by atoms with E-state index >= 15 is 0 Å². The van der Waals surface area contributed by atoms with Gasteiger partial charge >= 0.3 is 0 Å². The summed E-state index contributed by atoms with van der Waals surface area (Å²) in [5.74, 6) is 4.50. The number of nitrogens with two attached hydrogens (primary N) is 2. The third-order valence-electron chi connectivity index (χ3n) is 4.98. The predicted molar refractivity (Wildman–Crippen MR) is 129 cm³/mol. The van der Waals surface area contributed by atoms with Crippen molar-refractivity contribution in [3.05, 3.63) is 65.2 Å². The maximum absolute atomic E-state index is 12.3. The van der Waals surface area contributed by atoms with Crippen LogP contribution in [0.3, 0.4) is 0 Å². The molecule has 0 radical (unpaired) electrons. The highest BCUT2D eigenvalue weighted by molar-refractivity contribution is 5.98. The molecule has 9 nitrogen and oxygen atoms in total. The molecule has 9 heteroatoms. The number of aliphatic hydroxyl groups is 2. The second-order valence-corrected chi connectivity index (χ2v) is 7.75. The smallest absolute Gasteiger partial charge is 0.251 e. The summed E-state index contributed by atoms with van der Waals surface area (Å²) in [4.78, 5) is 36.1. The van der Waals surface area contributed by atoms with Gasteiger partial charge in [-0.05, 0) is 74.8 Å². The van der Waals surface area contributed by atoms with Crippen LogP contribution in [0.1, 0.15) is 41.3 Å². The van der Waals surface area contributed by atoms with Gasteiger partial charge in [-0.3, -0.25) is 14.4 Å². The van der Waals surface area contributed by atoms with Crippen LogP contribution < -0.4 is 22.1 Å². The highest BCUT2D eigenvalue weighted by Gasteiger charge is 2.25. The van der Waals surface area contributed by atoms with Crippen LogP contribution in [0.15, 0.2) is 48.5 Å². The first-order chi connectivity index (χ1) is 16.2. The number of Topliss-reactive ketones (excluding diaryl/α,β-unsaturated/α-hetero) is 1. The number of amides is 2. The Hall–Kier alpha value is -3.55. The lowest BCUT2D eigenvalue weighted by atomic mass is 10.1. The van der Waals surface area contributed by atoms with Crippen LogP contribution in [-0.4, -0.2) is 59.1 Å². The highest BCUT2D eigenvalue weighted by Crippen LogP contribution is 2.11. The minimum Gasteiger partial charge on any atom is -0.391 e. The molecule has 0 aliphatic rings. The van der Waals surface area contributed by atoms with Gasteiger partial charge in [0.2, 0.25) is 5.91 Å². The summed E-state index contributed by atoms with van der Waals surface area (Å²) < 4.78 is 0. The molecule has 2 aromatic rings. The number of benzene rings is 2. The Bertz CT molecular complexity index is 1040. The number of hydrogen-bond donors (Lipinski definition) is 6. The van der Waals surface area contributed by atoms with Crippen molar-refractivity contribution in [2.75, 3.05) is 18.5 Å². The van der Waals surface area contributed by atoms with Gasteiger partial charge in [-0.25, -0.2) is 0 Å². The molecule has 0 aromatic heterocycles. The number of hydrogen-bond acceptors (Lipinski definition) is 7. The zero-order chi connectivity index (χ0) is 25.1. The fourth-order valence-electron chi connectivity index (χ4n) is 2.98. The number of ketones is 1. The van der Waals surface area contributed by atoms with E-state index in [9.17, 15) is 19.5 Å². The van der Waals surface area contributed by atoms with E-state index in [0.717, 1.165) is 5.56 Å². The van der Waals surface area contributed by atoms with Crippen molar-refractivity contribution in [3.63, 3.8) is 0 Å². The average molecular weight is 467 g/mol. The Labute approximate surface area is 198 Å². The first kappa shape index (κ1) is 26.7. The van der Waals surface area contributed by atoms with E-state index < -0.39 is 36.5 Å². The second kappa shape index (κ2) is 13.2. The summed E-state index contributed by atoms with van der Waals surface area (Å²) in [5, 5.41) is 23.8. The topological polar surface area (TPSA) is 168 Å². The minimum absolute atomic E-state index is 0.267. The molecule has 0 fully saturated rings. The third-order valence-corrected chi connectivity index (χ3v) is 4.98. The molecule has 0 heterocycles. The van der Waals surface area contributed by atoms with E-state index in [1.54, 1.807) is 48.5 Å². The van der Waals surface area contributed by atoms with Gasteiger partial charge in [0.05, 0.1) is 12.1 Å². The monoisotopic (exact) mass is 466 g/mol. The number of aliphatic hydroxyl groups excluding tert-OH is 2. The number of anilines is 1. The van der Waals surface area contributed by atoms with Gasteiger partial charge in [-0.1, -0.05) is 11.8 Å². The van der Waals surface area contributed by atoms with Gasteiger partial charge in [-0.2, -0.15) is 0 Å². The molecule has 0 bridgehead atoms. The van der Waals surface area contributed by atoms with Gasteiger partial charge in [0, 0.05) is 22.4 Å². The van der Waals surface area contributed by atoms with E-state index in [4.69, 9.17) is 16.6 Å². The molecule has 0 unspecified atom stereocenters. The predicted octanol–water partition coefficient (Wildman–Crippen LogP) is 0.132. The van der Waals surface area contributed by atoms with E-state index in [1.165, 1.54) is 6.92 Å². The van der Waals surface area contributed by atoms with Crippen LogP contribution in [0, 0.1) is 11.8 Å². The van der Waals surface area contributed by atoms with E-state index in [0.29, 0.717) is 30.6 Å². The molecule has 8 N–H and O–H groups in total. The molecule has 2 amide bonds. The van der Waals surface area contributed by atoms with Gasteiger partial charge in [0.1, 0.15) is 12.6 Å². The van der Waals surface area contributed by atoms with Crippen molar-refractivity contribution in [2.45, 2.75) is 38.0 Å². The van der Waals surface area contributed by atoms with Crippen LogP contribution in [-0.2, 0) is 9.59 Å². The standard InChI is InChI=1S/C25H30N4O5/c1-16(31)23(22(32)15-30)29-24(33)19-10-6-17(7-11-19)4-5-18-8-12-20(13-9-18)28-25(34)21(27)3-2-14-26/h6-13,16,21,23,30-31H,2-3,14-15,26-27H2,1H3,(H,28,34)(H,29,33)/t16-,21+,23+/m1/s1. The maximum atomic E-state index is 12.3. The molecule has 2 rings (SSSR count). The molecule has 0 aliphatic heterocycles. The van der Waals surface area contributed by atoms with Gasteiger partial charge in [0.15, 0.2) is 5.78 Å². The molecule has 2 aromatic carbocycles. The summed E-state index contributed by atoms with van der Waals surface area (Å²) in [6.45, 7) is 1.06. The van der Waals surface area contributed by atoms with Crippen molar-refractivity contribution in [1.82, 2.24) is 5.32 Å². The number of carbonyl (C=O) groups excluding carboxylic acids is 3. The molecule has 3 atom stereocenters. The molecule has 0 aliphatic carbocycles. The van der Waals surface area contributed by atoms with Crippen molar-refractivity contribution in [2.24, 2.45) is 11.5 Å². The first-order valence-electron chi connectivity index (χ1n) is 10.9. The molecule has 0 saturated carbocycles. The van der Waals surface area contributed by atoms with Crippen molar-refractivity contribution in [1.29, 1.82) is 0 Å². The summed E-state index contributed by atoms with van der Waals surface area (Å²) in [6.07, 6.45) is 0.0655. The van der Waals surface area contributed by atoms with Crippen molar-refractivity contribution >= 4 is 23.3 Å². The van der Waals surface area contributed by atoms with E-state index in [2.05, 4.69) is 22.5 Å². The van der Waals surface area contributed by atoms with Crippen LogP contribution in [0.25, 0.3) is 0 Å². The lowest BCUT2D eigenvalue weighted by Gasteiger charge is -2.19. The lowest BCUT2D eigenvalue weighted by Crippen LogP contribution is -2.48. The first-order valence-corrected chi connectivity index (χ1v) is 10.9. The third kappa shape index (κ3) is 8.10. The quantitative estimate of drug-likeness (QED) is 0.271. The van der Waals surface area contributed by atoms with Gasteiger partial charge in [0.25, 0.3) is 5.91 Å². The van der Waals surface area contributed by atoms with Gasteiger partial charge in [-0.15, -0.1) is 0 Å². The molecule has 0 saturated heterocycles. The Morgan fingerprint density at radius 3 is 2.06 bits per heavy atom. The summed E-state index contributed by atoms with van der Waals surface area (Å²) in [7, 11) is 0. The van der Waals surface area contributed by atoms with Crippen LogP contribution in [0.4, 0.5) is 5.69 Å². The highest BCUT2D eigenvalue weighted by atomic mass is 16.3. The van der Waals surface area contributed by atoms with Gasteiger partial charge < -0.3 is 32.3 Å². The number of carbonyl (C=O) groups is 3. The van der Waals surface area contributed by atoms with Crippen molar-refractivity contribution in [3.8, 4) is 11.8 Å². The Balaban J connectivity index is 1.98. The normalized spacial score (nSPS) is 13.1. The fourth-order valence-corrected chi connectivity index (χ4v) is 2.98. The number of rotatable bonds is 10. The SMILES string of the molecule is C[C@@H](O)[C@H](NC(=O)c1ccc(C#Cc2ccc(NC(=O)[C@@H](N)CCCN)cc2)cc1)C(=O)CO. The van der Waals surface area contributed by atoms with Crippen LogP contribution >= 0.6 is 0 Å². The zero-order valence-electron chi connectivity index (χ0n) is 19.0. The average Bonchev–Trinajstić information content (AvgIpc) is 2.84. The summed E-state index contributed by atoms with van der Waals surface area (Å²) >= 11 is 0. The Kier molecular flexibility index (Phi) is 10.4. The Morgan fingerprint density at radius 1 is 1.00 bits per heavy atom.